The van der Waals surface area contributed by atoms with Crippen molar-refractivity contribution in [3.05, 3.63) is 41.0 Å². The molecule has 1 aromatic rings. The predicted octanol–water partition coefficient (Wildman–Crippen LogP) is 4.27. The Morgan fingerprint density at radius 3 is 2.94 bits per heavy atom. The van der Waals surface area contributed by atoms with Gasteiger partial charge in [-0.3, -0.25) is 0 Å². The molecule has 1 heteroatoms. The third-order valence-corrected chi connectivity index (χ3v) is 3.15. The highest BCUT2D eigenvalue weighted by molar-refractivity contribution is 5.64. The van der Waals surface area contributed by atoms with Crippen molar-refractivity contribution in [2.24, 2.45) is 0 Å². The van der Waals surface area contributed by atoms with Gasteiger partial charge in [0.25, 0.3) is 0 Å². The highest BCUT2D eigenvalue weighted by Crippen LogP contribution is 2.32. The van der Waals surface area contributed by atoms with E-state index in [1.54, 1.807) is 0 Å². The van der Waals surface area contributed by atoms with Gasteiger partial charge in [0.2, 0.25) is 0 Å². The molecule has 1 nitrogen and oxygen atoms in total. The van der Waals surface area contributed by atoms with Crippen LogP contribution >= 0.6 is 0 Å². The van der Waals surface area contributed by atoms with Crippen LogP contribution in [0.2, 0.25) is 0 Å². The Balaban J connectivity index is 1.96. The quantitative estimate of drug-likeness (QED) is 0.668. The number of hydrogen-bond donors (Lipinski definition) is 0. The lowest BCUT2D eigenvalue weighted by atomic mass is 10.0. The molecule has 0 radical (unpaired) electrons. The Kier molecular flexibility index (Phi) is 3.79. The van der Waals surface area contributed by atoms with Crippen LogP contribution in [0.15, 0.2) is 24.3 Å². The number of fused-ring (bicyclic) bond motifs is 1. The smallest absolute Gasteiger partial charge is 0.102 e. The fraction of sp³-hybridized carbons (Fsp3) is 0.467. The number of ether oxygens (including phenoxy) is 1. The normalized spacial score (nSPS) is 17.8. The molecule has 0 amide bonds. The van der Waals surface area contributed by atoms with Crippen molar-refractivity contribution < 1.29 is 4.74 Å². The van der Waals surface area contributed by atoms with E-state index in [1.807, 2.05) is 0 Å². The third-order valence-electron chi connectivity index (χ3n) is 3.15. The molecule has 0 aromatic heterocycles. The highest BCUT2D eigenvalue weighted by atomic mass is 16.5. The Labute approximate surface area is 98.1 Å². The van der Waals surface area contributed by atoms with Gasteiger partial charge in [0.05, 0.1) is 0 Å². The standard InChI is InChI=1S/C15H20O/c1-3-4-5-11-16-15-10-9-13-12(2)7-6-8-14(13)15/h6-10,15H,3-5,11H2,1-2H3. The second-order valence-electron chi connectivity index (χ2n) is 4.44. The van der Waals surface area contributed by atoms with Gasteiger partial charge in [-0.15, -0.1) is 0 Å². The van der Waals surface area contributed by atoms with Crippen molar-refractivity contribution in [3.8, 4) is 0 Å². The molecule has 0 bridgehead atoms. The van der Waals surface area contributed by atoms with E-state index in [9.17, 15) is 0 Å². The average molecular weight is 216 g/mol. The molecule has 0 aliphatic heterocycles. The summed E-state index contributed by atoms with van der Waals surface area (Å²) in [7, 11) is 0. The van der Waals surface area contributed by atoms with Gasteiger partial charge in [-0.05, 0) is 30.0 Å². The predicted molar refractivity (Wildman–Crippen MR) is 68.4 cm³/mol. The minimum absolute atomic E-state index is 0.187. The van der Waals surface area contributed by atoms with E-state index in [2.05, 4.69) is 44.2 Å². The Bertz CT molecular complexity index is 379. The zero-order valence-corrected chi connectivity index (χ0v) is 10.2. The zero-order valence-electron chi connectivity index (χ0n) is 10.2. The van der Waals surface area contributed by atoms with Crippen LogP contribution in [0.25, 0.3) is 6.08 Å². The lowest BCUT2D eigenvalue weighted by Crippen LogP contribution is -2.01. The van der Waals surface area contributed by atoms with Crippen LogP contribution in [0.3, 0.4) is 0 Å². The fourth-order valence-corrected chi connectivity index (χ4v) is 2.17. The summed E-state index contributed by atoms with van der Waals surface area (Å²) in [4.78, 5) is 0. The summed E-state index contributed by atoms with van der Waals surface area (Å²) >= 11 is 0. The maximum Gasteiger partial charge on any atom is 0.102 e. The molecule has 2 rings (SSSR count). The van der Waals surface area contributed by atoms with Gasteiger partial charge in [-0.1, -0.05) is 50.1 Å². The summed E-state index contributed by atoms with van der Waals surface area (Å²) in [6.45, 7) is 5.24. The van der Waals surface area contributed by atoms with E-state index >= 15 is 0 Å². The van der Waals surface area contributed by atoms with E-state index < -0.39 is 0 Å². The summed E-state index contributed by atoms with van der Waals surface area (Å²) in [6.07, 6.45) is 8.23. The van der Waals surface area contributed by atoms with Gasteiger partial charge in [0.15, 0.2) is 0 Å². The molecule has 0 heterocycles. The first-order valence-electron chi connectivity index (χ1n) is 6.22. The van der Waals surface area contributed by atoms with Crippen LogP contribution in [-0.2, 0) is 4.74 Å². The Morgan fingerprint density at radius 1 is 1.25 bits per heavy atom. The number of benzene rings is 1. The van der Waals surface area contributed by atoms with Gasteiger partial charge in [0.1, 0.15) is 6.10 Å². The molecule has 0 spiro atoms. The Hall–Kier alpha value is -1.08. The molecule has 0 fully saturated rings. The summed E-state index contributed by atoms with van der Waals surface area (Å²) in [6, 6.07) is 6.44. The molecule has 16 heavy (non-hydrogen) atoms. The van der Waals surface area contributed by atoms with E-state index in [4.69, 9.17) is 4.74 Å². The number of unbranched alkanes of at least 4 members (excludes halogenated alkanes) is 2. The van der Waals surface area contributed by atoms with Gasteiger partial charge < -0.3 is 4.74 Å². The number of aryl methyl sites for hydroxylation is 1. The SMILES string of the molecule is CCCCCOC1C=Cc2c(C)cccc21. The molecule has 1 aliphatic carbocycles. The molecular formula is C15H20O. The van der Waals surface area contributed by atoms with Crippen molar-refractivity contribution in [2.45, 2.75) is 39.2 Å². The lowest BCUT2D eigenvalue weighted by Gasteiger charge is -2.13. The molecule has 86 valence electrons. The maximum absolute atomic E-state index is 5.90. The van der Waals surface area contributed by atoms with Crippen molar-refractivity contribution in [1.29, 1.82) is 0 Å². The molecule has 0 saturated heterocycles. The van der Waals surface area contributed by atoms with Crippen LogP contribution in [-0.4, -0.2) is 6.61 Å². The summed E-state index contributed by atoms with van der Waals surface area (Å²) in [5, 5.41) is 0. The Morgan fingerprint density at radius 2 is 2.12 bits per heavy atom. The van der Waals surface area contributed by atoms with Crippen LogP contribution in [0.1, 0.15) is 49.0 Å². The first-order chi connectivity index (χ1) is 7.83. The van der Waals surface area contributed by atoms with Gasteiger partial charge in [-0.2, -0.15) is 0 Å². The average Bonchev–Trinajstić information content (AvgIpc) is 2.70. The van der Waals surface area contributed by atoms with Crippen LogP contribution < -0.4 is 0 Å². The summed E-state index contributed by atoms with van der Waals surface area (Å²) < 4.78 is 5.90. The largest absolute Gasteiger partial charge is 0.369 e. The molecule has 1 aromatic carbocycles. The minimum atomic E-state index is 0.187. The van der Waals surface area contributed by atoms with Gasteiger partial charge in [0, 0.05) is 6.61 Å². The fourth-order valence-electron chi connectivity index (χ4n) is 2.17. The van der Waals surface area contributed by atoms with Crippen LogP contribution in [0.4, 0.5) is 0 Å². The maximum atomic E-state index is 5.90. The highest BCUT2D eigenvalue weighted by Gasteiger charge is 2.18. The van der Waals surface area contributed by atoms with E-state index in [0.717, 1.165) is 6.61 Å². The molecule has 0 N–H and O–H groups in total. The second kappa shape index (κ2) is 5.31. The topological polar surface area (TPSA) is 9.23 Å². The van der Waals surface area contributed by atoms with E-state index in [0.29, 0.717) is 0 Å². The van der Waals surface area contributed by atoms with Crippen molar-refractivity contribution in [2.75, 3.05) is 6.61 Å². The van der Waals surface area contributed by atoms with Crippen LogP contribution in [0.5, 0.6) is 0 Å². The summed E-state index contributed by atoms with van der Waals surface area (Å²) in [5.41, 5.74) is 4.02. The monoisotopic (exact) mass is 216 g/mol. The lowest BCUT2D eigenvalue weighted by molar-refractivity contribution is 0.0842. The first kappa shape index (κ1) is 11.4. The van der Waals surface area contributed by atoms with Crippen molar-refractivity contribution in [3.63, 3.8) is 0 Å². The minimum Gasteiger partial charge on any atom is -0.369 e. The second-order valence-corrected chi connectivity index (χ2v) is 4.44. The van der Waals surface area contributed by atoms with E-state index in [-0.39, 0.29) is 6.10 Å². The number of rotatable bonds is 5. The molecular weight excluding hydrogens is 196 g/mol. The number of hydrogen-bond acceptors (Lipinski definition) is 1. The van der Waals surface area contributed by atoms with E-state index in [1.165, 1.54) is 36.0 Å². The first-order valence-corrected chi connectivity index (χ1v) is 6.22. The zero-order chi connectivity index (χ0) is 11.4. The molecule has 0 saturated carbocycles. The van der Waals surface area contributed by atoms with Gasteiger partial charge >= 0.3 is 0 Å². The third kappa shape index (κ3) is 2.35. The van der Waals surface area contributed by atoms with Crippen molar-refractivity contribution >= 4 is 6.08 Å². The van der Waals surface area contributed by atoms with Crippen molar-refractivity contribution in [1.82, 2.24) is 0 Å². The van der Waals surface area contributed by atoms with Crippen LogP contribution in [0, 0.1) is 6.92 Å². The molecule has 1 unspecified atom stereocenters. The molecule has 1 aliphatic rings. The van der Waals surface area contributed by atoms with Gasteiger partial charge in [-0.25, -0.2) is 0 Å². The summed E-state index contributed by atoms with van der Waals surface area (Å²) in [5.74, 6) is 0. The molecule has 1 atom stereocenters.